The maximum absolute atomic E-state index is 11.8. The molecular weight excluding hydrogens is 232 g/mol. The highest BCUT2D eigenvalue weighted by Crippen LogP contribution is 2.37. The van der Waals surface area contributed by atoms with Crippen molar-refractivity contribution in [2.45, 2.75) is 51.4 Å². The summed E-state index contributed by atoms with van der Waals surface area (Å²) in [6.07, 6.45) is 0.619. The van der Waals surface area contributed by atoms with Crippen LogP contribution in [0.3, 0.4) is 0 Å². The van der Waals surface area contributed by atoms with Crippen molar-refractivity contribution in [2.24, 2.45) is 5.92 Å². The molecule has 1 saturated heterocycles. The highest BCUT2D eigenvalue weighted by molar-refractivity contribution is 7.75. The van der Waals surface area contributed by atoms with Gasteiger partial charge in [-0.25, -0.2) is 0 Å². The second kappa shape index (κ2) is 4.09. The minimum atomic E-state index is -1.63. The number of fused-ring (bicyclic) bond motifs is 1. The Hall–Kier alpha value is -0.460. The minimum Gasteiger partial charge on any atom is -0.460 e. The van der Waals surface area contributed by atoms with Crippen molar-refractivity contribution in [2.75, 3.05) is 0 Å². The van der Waals surface area contributed by atoms with Gasteiger partial charge in [0.15, 0.2) is 0 Å². The van der Waals surface area contributed by atoms with E-state index >= 15 is 0 Å². The SMILES string of the molecule is CC(C)(C)OC(=O)C1CC2OS(=O)OC2C1. The maximum atomic E-state index is 11.8. The fourth-order valence-corrected chi connectivity index (χ4v) is 2.82. The summed E-state index contributed by atoms with van der Waals surface area (Å²) in [5.74, 6) is -0.425. The predicted octanol–water partition coefficient (Wildman–Crippen LogP) is 1.10. The van der Waals surface area contributed by atoms with Gasteiger partial charge in [-0.3, -0.25) is 13.2 Å². The maximum Gasteiger partial charge on any atom is 0.309 e. The van der Waals surface area contributed by atoms with Crippen molar-refractivity contribution in [1.29, 1.82) is 0 Å². The first kappa shape index (κ1) is 12.0. The summed E-state index contributed by atoms with van der Waals surface area (Å²) in [6, 6.07) is 0. The van der Waals surface area contributed by atoms with E-state index in [1.165, 1.54) is 0 Å². The second-order valence-electron chi connectivity index (χ2n) is 5.18. The van der Waals surface area contributed by atoms with Gasteiger partial charge in [0.2, 0.25) is 0 Å². The van der Waals surface area contributed by atoms with Crippen LogP contribution in [0.5, 0.6) is 0 Å². The molecule has 92 valence electrons. The lowest BCUT2D eigenvalue weighted by Crippen LogP contribution is -2.28. The summed E-state index contributed by atoms with van der Waals surface area (Å²) in [5.41, 5.74) is -0.473. The fourth-order valence-electron chi connectivity index (χ4n) is 1.97. The van der Waals surface area contributed by atoms with Crippen LogP contribution in [0.15, 0.2) is 0 Å². The van der Waals surface area contributed by atoms with Crippen molar-refractivity contribution in [3.63, 3.8) is 0 Å². The molecule has 1 saturated carbocycles. The molecule has 5 nitrogen and oxygen atoms in total. The van der Waals surface area contributed by atoms with E-state index in [2.05, 4.69) is 0 Å². The molecule has 0 amide bonds. The number of ether oxygens (including phenoxy) is 1. The van der Waals surface area contributed by atoms with Crippen molar-refractivity contribution in [1.82, 2.24) is 0 Å². The number of hydrogen-bond acceptors (Lipinski definition) is 5. The van der Waals surface area contributed by atoms with Crippen LogP contribution in [0, 0.1) is 5.92 Å². The van der Waals surface area contributed by atoms with E-state index in [1.54, 1.807) is 0 Å². The summed E-state index contributed by atoms with van der Waals surface area (Å²) in [5, 5.41) is 0. The fraction of sp³-hybridized carbons (Fsp3) is 0.900. The van der Waals surface area contributed by atoms with Crippen LogP contribution in [0.25, 0.3) is 0 Å². The Morgan fingerprint density at radius 3 is 2.19 bits per heavy atom. The van der Waals surface area contributed by atoms with E-state index in [1.807, 2.05) is 20.8 Å². The zero-order valence-electron chi connectivity index (χ0n) is 9.60. The Morgan fingerprint density at radius 1 is 1.25 bits per heavy atom. The quantitative estimate of drug-likeness (QED) is 0.650. The molecule has 0 aromatic rings. The number of carbonyl (C=O) groups excluding carboxylic acids is 1. The number of carbonyl (C=O) groups is 1. The molecular formula is C10H16O5S. The summed E-state index contributed by atoms with van der Waals surface area (Å²) in [7, 11) is 0. The van der Waals surface area contributed by atoms with Gasteiger partial charge in [-0.15, -0.1) is 0 Å². The van der Waals surface area contributed by atoms with Crippen LogP contribution < -0.4 is 0 Å². The van der Waals surface area contributed by atoms with E-state index in [9.17, 15) is 9.00 Å². The number of esters is 1. The van der Waals surface area contributed by atoms with Crippen LogP contribution in [0.4, 0.5) is 0 Å². The van der Waals surface area contributed by atoms with E-state index in [0.717, 1.165) is 0 Å². The first-order valence-corrected chi connectivity index (χ1v) is 6.34. The molecule has 16 heavy (non-hydrogen) atoms. The van der Waals surface area contributed by atoms with Crippen molar-refractivity contribution in [3.05, 3.63) is 0 Å². The van der Waals surface area contributed by atoms with Crippen molar-refractivity contribution < 1.29 is 22.1 Å². The second-order valence-corrected chi connectivity index (χ2v) is 5.97. The summed E-state index contributed by atoms with van der Waals surface area (Å²) in [4.78, 5) is 11.8. The van der Waals surface area contributed by atoms with Gasteiger partial charge in [-0.05, 0) is 33.6 Å². The molecule has 2 atom stereocenters. The third-order valence-electron chi connectivity index (χ3n) is 2.59. The average molecular weight is 248 g/mol. The van der Waals surface area contributed by atoms with Gasteiger partial charge in [0.1, 0.15) is 17.8 Å². The highest BCUT2D eigenvalue weighted by atomic mass is 32.2. The third-order valence-corrected chi connectivity index (χ3v) is 3.40. The van der Waals surface area contributed by atoms with Crippen LogP contribution >= 0.6 is 0 Å². The topological polar surface area (TPSA) is 61.8 Å². The van der Waals surface area contributed by atoms with Crippen molar-refractivity contribution >= 4 is 17.3 Å². The van der Waals surface area contributed by atoms with Gasteiger partial charge in [0.25, 0.3) is 0 Å². The molecule has 1 heterocycles. The molecule has 2 unspecified atom stereocenters. The minimum absolute atomic E-state index is 0.202. The lowest BCUT2D eigenvalue weighted by Gasteiger charge is -2.22. The van der Waals surface area contributed by atoms with Crippen LogP contribution in [0.2, 0.25) is 0 Å². The first-order valence-electron chi connectivity index (χ1n) is 5.34. The first-order chi connectivity index (χ1) is 7.35. The molecule has 2 fully saturated rings. The standard InChI is InChI=1S/C10H16O5S/c1-10(2,3)13-9(11)6-4-7-8(5-6)15-16(12)14-7/h6-8H,4-5H2,1-3H3. The van der Waals surface area contributed by atoms with Crippen LogP contribution in [-0.4, -0.2) is 28.0 Å². The monoisotopic (exact) mass is 248 g/mol. The molecule has 0 radical (unpaired) electrons. The molecule has 2 aliphatic rings. The van der Waals surface area contributed by atoms with E-state index in [4.69, 9.17) is 13.1 Å². The Balaban J connectivity index is 1.90. The summed E-state index contributed by atoms with van der Waals surface area (Å²) in [6.45, 7) is 5.51. The predicted molar refractivity (Wildman–Crippen MR) is 56.5 cm³/mol. The van der Waals surface area contributed by atoms with Gasteiger partial charge in [0, 0.05) is 0 Å². The Bertz CT molecular complexity index is 306. The molecule has 0 bridgehead atoms. The molecule has 1 aliphatic heterocycles. The van der Waals surface area contributed by atoms with Crippen LogP contribution in [-0.2, 0) is 29.3 Å². The molecule has 2 rings (SSSR count). The van der Waals surface area contributed by atoms with Gasteiger partial charge >= 0.3 is 17.3 Å². The van der Waals surface area contributed by atoms with Gasteiger partial charge < -0.3 is 4.74 Å². The Morgan fingerprint density at radius 2 is 1.75 bits per heavy atom. The zero-order valence-corrected chi connectivity index (χ0v) is 10.4. The number of hydrogen-bond donors (Lipinski definition) is 0. The van der Waals surface area contributed by atoms with Crippen LogP contribution in [0.1, 0.15) is 33.6 Å². The van der Waals surface area contributed by atoms with Gasteiger partial charge in [-0.1, -0.05) is 0 Å². The summed E-state index contributed by atoms with van der Waals surface area (Å²) < 4.78 is 26.3. The zero-order chi connectivity index (χ0) is 11.9. The molecule has 0 aromatic heterocycles. The summed E-state index contributed by atoms with van der Waals surface area (Å²) >= 11 is -1.63. The number of rotatable bonds is 1. The van der Waals surface area contributed by atoms with E-state index < -0.39 is 17.0 Å². The lowest BCUT2D eigenvalue weighted by atomic mass is 10.1. The molecule has 1 aliphatic carbocycles. The van der Waals surface area contributed by atoms with Crippen molar-refractivity contribution in [3.8, 4) is 0 Å². The van der Waals surface area contributed by atoms with Gasteiger partial charge in [-0.2, -0.15) is 4.21 Å². The van der Waals surface area contributed by atoms with E-state index in [-0.39, 0.29) is 24.1 Å². The molecule has 6 heteroatoms. The molecule has 0 N–H and O–H groups in total. The molecule has 0 spiro atoms. The normalized spacial score (nSPS) is 38.4. The van der Waals surface area contributed by atoms with Gasteiger partial charge in [0.05, 0.1) is 5.92 Å². The smallest absolute Gasteiger partial charge is 0.309 e. The highest BCUT2D eigenvalue weighted by Gasteiger charge is 2.47. The Kier molecular flexibility index (Phi) is 3.07. The average Bonchev–Trinajstić information content (AvgIpc) is 2.56. The lowest BCUT2D eigenvalue weighted by molar-refractivity contribution is -0.160. The largest absolute Gasteiger partial charge is 0.460 e. The third kappa shape index (κ3) is 2.61. The Labute approximate surface area is 97.3 Å². The molecule has 0 aromatic carbocycles. The van der Waals surface area contributed by atoms with E-state index in [0.29, 0.717) is 12.8 Å².